The second-order valence-electron chi connectivity index (χ2n) is 5.68. The van der Waals surface area contributed by atoms with E-state index in [1.54, 1.807) is 66.7 Å². The van der Waals surface area contributed by atoms with Gasteiger partial charge in [-0.05, 0) is 30.3 Å². The third-order valence-corrected chi connectivity index (χ3v) is 4.25. The lowest BCUT2D eigenvalue weighted by molar-refractivity contribution is -0.112. The Morgan fingerprint density at radius 1 is 0.893 bits per heavy atom. The first-order chi connectivity index (χ1) is 13.5. The summed E-state index contributed by atoms with van der Waals surface area (Å²) in [6.07, 6.45) is 0. The fourth-order valence-corrected chi connectivity index (χ4v) is 2.65. The summed E-state index contributed by atoms with van der Waals surface area (Å²) >= 11 is 12.1. The Kier molecular flexibility index (Phi) is 6.42. The number of halogens is 2. The Morgan fingerprint density at radius 2 is 1.54 bits per heavy atom. The standard InChI is InChI=1S/C21H15Cl2N3O2/c22-15-11-12-17(23)18(13-15)24-21(28)19(20(27)14-7-3-1-4-8-14)26-25-16-9-5-2-6-10-16/h1-13,27H,(H,24,28)/b20-19-,26-25?. The number of carbonyl (C=O) groups excluding carboxylic acids is 1. The maximum Gasteiger partial charge on any atom is 0.280 e. The number of carbonyl (C=O) groups is 1. The predicted molar refractivity (Wildman–Crippen MR) is 112 cm³/mol. The average Bonchev–Trinajstić information content (AvgIpc) is 2.72. The van der Waals surface area contributed by atoms with Crippen molar-refractivity contribution in [3.63, 3.8) is 0 Å². The first-order valence-corrected chi connectivity index (χ1v) is 9.02. The maximum absolute atomic E-state index is 12.8. The van der Waals surface area contributed by atoms with Gasteiger partial charge >= 0.3 is 0 Å². The summed E-state index contributed by atoms with van der Waals surface area (Å²) in [5, 5.41) is 22.0. The van der Waals surface area contributed by atoms with E-state index in [0.29, 0.717) is 27.0 Å². The number of anilines is 1. The van der Waals surface area contributed by atoms with Gasteiger partial charge in [-0.2, -0.15) is 5.11 Å². The Morgan fingerprint density at radius 3 is 2.21 bits per heavy atom. The highest BCUT2D eigenvalue weighted by Gasteiger charge is 2.18. The van der Waals surface area contributed by atoms with Gasteiger partial charge in [0.2, 0.25) is 0 Å². The molecule has 0 aromatic heterocycles. The summed E-state index contributed by atoms with van der Waals surface area (Å²) in [6.45, 7) is 0. The van der Waals surface area contributed by atoms with E-state index in [9.17, 15) is 9.90 Å². The number of amides is 1. The second-order valence-corrected chi connectivity index (χ2v) is 6.52. The molecule has 0 aliphatic heterocycles. The molecule has 0 heterocycles. The van der Waals surface area contributed by atoms with Crippen LogP contribution in [0.3, 0.4) is 0 Å². The van der Waals surface area contributed by atoms with Crippen LogP contribution in [0.1, 0.15) is 5.56 Å². The number of rotatable bonds is 5. The third-order valence-electron chi connectivity index (χ3n) is 3.68. The first kappa shape index (κ1) is 19.6. The van der Waals surface area contributed by atoms with Gasteiger partial charge in [-0.25, -0.2) is 0 Å². The molecule has 3 aromatic rings. The number of hydrogen-bond donors (Lipinski definition) is 2. The number of nitrogens with zero attached hydrogens (tertiary/aromatic N) is 2. The number of aliphatic hydroxyl groups is 1. The van der Waals surface area contributed by atoms with Crippen LogP contribution in [0.4, 0.5) is 11.4 Å². The van der Waals surface area contributed by atoms with E-state index in [1.165, 1.54) is 6.07 Å². The van der Waals surface area contributed by atoms with E-state index in [2.05, 4.69) is 15.5 Å². The average molecular weight is 412 g/mol. The summed E-state index contributed by atoms with van der Waals surface area (Å²) in [5.74, 6) is -0.985. The molecule has 0 atom stereocenters. The van der Waals surface area contributed by atoms with Gasteiger partial charge in [0.25, 0.3) is 5.91 Å². The van der Waals surface area contributed by atoms with E-state index < -0.39 is 5.91 Å². The first-order valence-electron chi connectivity index (χ1n) is 8.26. The van der Waals surface area contributed by atoms with Crippen molar-refractivity contribution in [2.24, 2.45) is 10.2 Å². The minimum Gasteiger partial charge on any atom is -0.505 e. The molecule has 0 unspecified atom stereocenters. The fourth-order valence-electron chi connectivity index (χ4n) is 2.31. The quantitative estimate of drug-likeness (QED) is 0.280. The minimum absolute atomic E-state index is 0.258. The zero-order valence-electron chi connectivity index (χ0n) is 14.5. The topological polar surface area (TPSA) is 74.0 Å². The molecule has 28 heavy (non-hydrogen) atoms. The summed E-state index contributed by atoms with van der Waals surface area (Å²) < 4.78 is 0. The summed E-state index contributed by atoms with van der Waals surface area (Å²) in [7, 11) is 0. The Bertz CT molecular complexity index is 1040. The monoisotopic (exact) mass is 411 g/mol. The highest BCUT2D eigenvalue weighted by atomic mass is 35.5. The highest BCUT2D eigenvalue weighted by Crippen LogP contribution is 2.27. The van der Waals surface area contributed by atoms with Crippen molar-refractivity contribution in [2.75, 3.05) is 5.32 Å². The summed E-state index contributed by atoms with van der Waals surface area (Å²) in [6, 6.07) is 22.1. The smallest absolute Gasteiger partial charge is 0.280 e. The molecule has 0 saturated carbocycles. The van der Waals surface area contributed by atoms with Crippen LogP contribution in [0, 0.1) is 0 Å². The largest absolute Gasteiger partial charge is 0.505 e. The number of benzene rings is 3. The van der Waals surface area contributed by atoms with E-state index in [4.69, 9.17) is 23.2 Å². The lowest BCUT2D eigenvalue weighted by atomic mass is 10.1. The minimum atomic E-state index is -0.676. The molecule has 3 aromatic carbocycles. The molecule has 1 amide bonds. The molecule has 2 N–H and O–H groups in total. The highest BCUT2D eigenvalue weighted by molar-refractivity contribution is 6.36. The van der Waals surface area contributed by atoms with E-state index in [0.717, 1.165) is 0 Å². The molecule has 5 nitrogen and oxygen atoms in total. The Labute approximate surface area is 172 Å². The van der Waals surface area contributed by atoms with E-state index in [-0.39, 0.29) is 11.5 Å². The van der Waals surface area contributed by atoms with Gasteiger partial charge in [-0.1, -0.05) is 71.7 Å². The van der Waals surface area contributed by atoms with Crippen molar-refractivity contribution >= 4 is 46.2 Å². The van der Waals surface area contributed by atoms with Gasteiger partial charge < -0.3 is 10.4 Å². The van der Waals surface area contributed by atoms with Gasteiger partial charge in [0.15, 0.2) is 11.5 Å². The van der Waals surface area contributed by atoms with E-state index >= 15 is 0 Å². The lowest BCUT2D eigenvalue weighted by Gasteiger charge is -2.09. The molecule has 0 aliphatic rings. The van der Waals surface area contributed by atoms with Crippen LogP contribution in [-0.2, 0) is 4.79 Å². The van der Waals surface area contributed by atoms with Crippen molar-refractivity contribution in [2.45, 2.75) is 0 Å². The second kappa shape index (κ2) is 9.17. The molecule has 3 rings (SSSR count). The molecule has 140 valence electrons. The third kappa shape index (κ3) is 4.97. The Balaban J connectivity index is 1.99. The molecule has 0 bridgehead atoms. The SMILES string of the molecule is O=C(Nc1cc(Cl)ccc1Cl)/C(N=Nc1ccccc1)=C(/O)c1ccccc1. The number of azo groups is 1. The van der Waals surface area contributed by atoms with E-state index in [1.807, 2.05) is 6.07 Å². The molecule has 0 spiro atoms. The maximum atomic E-state index is 12.8. The van der Waals surface area contributed by atoms with Crippen LogP contribution < -0.4 is 5.32 Å². The lowest BCUT2D eigenvalue weighted by Crippen LogP contribution is -2.15. The van der Waals surface area contributed by atoms with Crippen LogP contribution in [0.15, 0.2) is 94.8 Å². The molecule has 7 heteroatoms. The normalized spacial score (nSPS) is 11.9. The molecule has 0 radical (unpaired) electrons. The Hall–Kier alpha value is -3.15. The van der Waals surface area contributed by atoms with Gasteiger partial charge in [-0.15, -0.1) is 5.11 Å². The fraction of sp³-hybridized carbons (Fsp3) is 0. The van der Waals surface area contributed by atoms with Gasteiger partial charge in [-0.3, -0.25) is 4.79 Å². The summed E-state index contributed by atoms with van der Waals surface area (Å²) in [5.41, 5.74) is 1.00. The van der Waals surface area contributed by atoms with Crippen molar-refractivity contribution < 1.29 is 9.90 Å². The van der Waals surface area contributed by atoms with Crippen molar-refractivity contribution in [1.82, 2.24) is 0 Å². The molecule has 0 aliphatic carbocycles. The predicted octanol–water partition coefficient (Wildman–Crippen LogP) is 6.64. The molecule has 0 saturated heterocycles. The summed E-state index contributed by atoms with van der Waals surface area (Å²) in [4.78, 5) is 12.8. The van der Waals surface area contributed by atoms with Crippen molar-refractivity contribution in [3.05, 3.63) is 100 Å². The van der Waals surface area contributed by atoms with Gasteiger partial charge in [0.1, 0.15) is 0 Å². The van der Waals surface area contributed by atoms with Crippen molar-refractivity contribution in [3.8, 4) is 0 Å². The van der Waals surface area contributed by atoms with Crippen LogP contribution in [0.2, 0.25) is 10.0 Å². The zero-order valence-corrected chi connectivity index (χ0v) is 16.0. The van der Waals surface area contributed by atoms with Crippen LogP contribution >= 0.6 is 23.2 Å². The van der Waals surface area contributed by atoms with Crippen LogP contribution in [-0.4, -0.2) is 11.0 Å². The van der Waals surface area contributed by atoms with Crippen LogP contribution in [0.25, 0.3) is 5.76 Å². The molecular formula is C21H15Cl2N3O2. The zero-order chi connectivity index (χ0) is 19.9. The molecular weight excluding hydrogens is 397 g/mol. The number of aliphatic hydroxyl groups excluding tert-OH is 1. The van der Waals surface area contributed by atoms with Crippen LogP contribution in [0.5, 0.6) is 0 Å². The van der Waals surface area contributed by atoms with Gasteiger partial charge in [0.05, 0.1) is 16.4 Å². The number of hydrogen-bond acceptors (Lipinski definition) is 4. The van der Waals surface area contributed by atoms with Crippen molar-refractivity contribution in [1.29, 1.82) is 0 Å². The number of nitrogens with one attached hydrogen (secondary N) is 1. The molecule has 0 fully saturated rings. The van der Waals surface area contributed by atoms with Gasteiger partial charge in [0, 0.05) is 10.6 Å².